The zero-order valence-corrected chi connectivity index (χ0v) is 17.0. The van der Waals surface area contributed by atoms with Crippen LogP contribution in [-0.4, -0.2) is 57.3 Å². The minimum atomic E-state index is 0.242. The van der Waals surface area contributed by atoms with Crippen molar-refractivity contribution in [3.63, 3.8) is 0 Å². The molecule has 3 aliphatic rings. The highest BCUT2D eigenvalue weighted by molar-refractivity contribution is 5.77. The molecular formula is C22H34N4O2. The summed E-state index contributed by atoms with van der Waals surface area (Å²) in [5, 5.41) is 0. The lowest BCUT2D eigenvalue weighted by atomic mass is 9.85. The summed E-state index contributed by atoms with van der Waals surface area (Å²) in [6.07, 6.45) is 14.4. The monoisotopic (exact) mass is 386 g/mol. The van der Waals surface area contributed by atoms with E-state index < -0.39 is 0 Å². The van der Waals surface area contributed by atoms with Crippen molar-refractivity contribution < 1.29 is 9.59 Å². The van der Waals surface area contributed by atoms with Crippen LogP contribution < -0.4 is 0 Å². The molecule has 2 aliphatic heterocycles. The fraction of sp³-hybridized carbons (Fsp3) is 0.773. The lowest BCUT2D eigenvalue weighted by molar-refractivity contribution is -0.135. The van der Waals surface area contributed by atoms with E-state index in [-0.39, 0.29) is 11.8 Å². The molecule has 28 heavy (non-hydrogen) atoms. The standard InChI is InChI=1S/C22H34N4O2/c27-20-9-1-2-12-24(20)13-5-10-21(28)25-14-4-8-19(17-25)22-23-11-15-26(22)16-18-6-3-7-18/h11,15,18-19H,1-10,12-14,16-17H2/t19-/m1/s1. The Bertz CT molecular complexity index is 682. The zero-order chi connectivity index (χ0) is 19.3. The minimum Gasteiger partial charge on any atom is -0.343 e. The molecule has 6 nitrogen and oxygen atoms in total. The zero-order valence-electron chi connectivity index (χ0n) is 17.0. The van der Waals surface area contributed by atoms with E-state index >= 15 is 0 Å². The normalized spacial score (nSPS) is 23.7. The van der Waals surface area contributed by atoms with Crippen LogP contribution in [-0.2, 0) is 16.1 Å². The summed E-state index contributed by atoms with van der Waals surface area (Å²) in [5.74, 6) is 2.84. The van der Waals surface area contributed by atoms with Crippen molar-refractivity contribution in [1.82, 2.24) is 19.4 Å². The van der Waals surface area contributed by atoms with Gasteiger partial charge >= 0.3 is 0 Å². The average Bonchev–Trinajstić information content (AvgIpc) is 3.15. The lowest BCUT2D eigenvalue weighted by Crippen LogP contribution is -2.40. The number of aromatic nitrogens is 2. The largest absolute Gasteiger partial charge is 0.343 e. The molecule has 0 spiro atoms. The SMILES string of the molecule is O=C1CCCCN1CCCC(=O)N1CCC[C@@H](c2nccn2CC2CCC2)C1. The Morgan fingerprint density at radius 3 is 2.79 bits per heavy atom. The van der Waals surface area contributed by atoms with Crippen LogP contribution in [0.5, 0.6) is 0 Å². The van der Waals surface area contributed by atoms with Gasteiger partial charge in [-0.1, -0.05) is 6.42 Å². The van der Waals surface area contributed by atoms with E-state index in [4.69, 9.17) is 0 Å². The molecule has 1 aliphatic carbocycles. The Morgan fingerprint density at radius 2 is 2.00 bits per heavy atom. The number of carbonyl (C=O) groups excluding carboxylic acids is 2. The quantitative estimate of drug-likeness (QED) is 0.723. The second-order valence-electron chi connectivity index (χ2n) is 8.86. The number of nitrogens with zero attached hydrogens (tertiary/aromatic N) is 4. The Balaban J connectivity index is 1.27. The molecule has 3 heterocycles. The molecule has 2 amide bonds. The molecule has 2 saturated heterocycles. The predicted octanol–water partition coefficient (Wildman–Crippen LogP) is 3.18. The van der Waals surface area contributed by atoms with Gasteiger partial charge in [0.1, 0.15) is 5.82 Å². The van der Waals surface area contributed by atoms with Crippen LogP contribution in [0.1, 0.15) is 76.0 Å². The summed E-state index contributed by atoms with van der Waals surface area (Å²) in [6.45, 7) is 4.34. The van der Waals surface area contributed by atoms with E-state index in [0.717, 1.165) is 70.7 Å². The summed E-state index contributed by atoms with van der Waals surface area (Å²) in [7, 11) is 0. The molecule has 4 rings (SSSR count). The maximum Gasteiger partial charge on any atom is 0.222 e. The summed E-state index contributed by atoms with van der Waals surface area (Å²) in [6, 6.07) is 0. The molecule has 1 saturated carbocycles. The number of hydrogen-bond donors (Lipinski definition) is 0. The van der Waals surface area contributed by atoms with Gasteiger partial charge in [0.15, 0.2) is 0 Å². The Hall–Kier alpha value is -1.85. The molecule has 0 radical (unpaired) electrons. The van der Waals surface area contributed by atoms with Gasteiger partial charge in [0.25, 0.3) is 0 Å². The Kier molecular flexibility index (Phi) is 6.33. The molecule has 0 N–H and O–H groups in total. The van der Waals surface area contributed by atoms with Crippen molar-refractivity contribution in [2.45, 2.75) is 76.7 Å². The number of carbonyl (C=O) groups is 2. The van der Waals surface area contributed by atoms with Crippen LogP contribution in [0.2, 0.25) is 0 Å². The number of hydrogen-bond acceptors (Lipinski definition) is 3. The molecule has 154 valence electrons. The van der Waals surface area contributed by atoms with Crippen molar-refractivity contribution in [1.29, 1.82) is 0 Å². The van der Waals surface area contributed by atoms with E-state index in [9.17, 15) is 9.59 Å². The number of piperidine rings is 2. The maximum absolute atomic E-state index is 12.7. The topological polar surface area (TPSA) is 58.4 Å². The van der Waals surface area contributed by atoms with Gasteiger partial charge in [0.2, 0.25) is 11.8 Å². The fourth-order valence-electron chi connectivity index (χ4n) is 4.88. The van der Waals surface area contributed by atoms with E-state index in [1.807, 2.05) is 16.0 Å². The van der Waals surface area contributed by atoms with Gasteiger partial charge in [0, 0.05) is 63.9 Å². The fourth-order valence-corrected chi connectivity index (χ4v) is 4.88. The third-order valence-corrected chi connectivity index (χ3v) is 6.81. The van der Waals surface area contributed by atoms with Gasteiger partial charge in [0.05, 0.1) is 0 Å². The van der Waals surface area contributed by atoms with Crippen LogP contribution >= 0.6 is 0 Å². The maximum atomic E-state index is 12.7. The van der Waals surface area contributed by atoms with E-state index in [1.54, 1.807) is 0 Å². The van der Waals surface area contributed by atoms with Crippen molar-refractivity contribution >= 4 is 11.8 Å². The van der Waals surface area contributed by atoms with Crippen molar-refractivity contribution in [3.8, 4) is 0 Å². The third kappa shape index (κ3) is 4.58. The van der Waals surface area contributed by atoms with Crippen LogP contribution in [0.4, 0.5) is 0 Å². The first kappa shape index (κ1) is 19.5. The number of amides is 2. The van der Waals surface area contributed by atoms with Gasteiger partial charge in [-0.15, -0.1) is 0 Å². The molecule has 0 bridgehead atoms. The molecule has 3 fully saturated rings. The molecular weight excluding hydrogens is 352 g/mol. The summed E-state index contributed by atoms with van der Waals surface area (Å²) >= 11 is 0. The second kappa shape index (κ2) is 9.10. The molecule has 0 unspecified atom stereocenters. The van der Waals surface area contributed by atoms with Crippen LogP contribution in [0.25, 0.3) is 0 Å². The van der Waals surface area contributed by atoms with E-state index in [0.29, 0.717) is 18.8 Å². The first-order valence-corrected chi connectivity index (χ1v) is 11.3. The van der Waals surface area contributed by atoms with Gasteiger partial charge < -0.3 is 14.4 Å². The average molecular weight is 387 g/mol. The lowest BCUT2D eigenvalue weighted by Gasteiger charge is -2.34. The van der Waals surface area contributed by atoms with Crippen LogP contribution in [0, 0.1) is 5.92 Å². The predicted molar refractivity (Wildman–Crippen MR) is 108 cm³/mol. The van der Waals surface area contributed by atoms with Gasteiger partial charge in [-0.25, -0.2) is 4.98 Å². The smallest absolute Gasteiger partial charge is 0.222 e. The molecule has 6 heteroatoms. The first-order valence-electron chi connectivity index (χ1n) is 11.3. The molecule has 1 atom stereocenters. The molecule has 1 aromatic rings. The van der Waals surface area contributed by atoms with Crippen molar-refractivity contribution in [3.05, 3.63) is 18.2 Å². The van der Waals surface area contributed by atoms with Crippen molar-refractivity contribution in [2.75, 3.05) is 26.2 Å². The number of likely N-dealkylation sites (tertiary alicyclic amines) is 2. The summed E-state index contributed by atoms with van der Waals surface area (Å²) in [4.78, 5) is 33.3. The number of rotatable bonds is 7. The van der Waals surface area contributed by atoms with Crippen molar-refractivity contribution in [2.24, 2.45) is 5.92 Å². The second-order valence-corrected chi connectivity index (χ2v) is 8.86. The van der Waals surface area contributed by atoms with E-state index in [1.165, 1.54) is 25.1 Å². The van der Waals surface area contributed by atoms with Gasteiger partial charge in [-0.05, 0) is 50.9 Å². The van der Waals surface area contributed by atoms with E-state index in [2.05, 4.69) is 15.7 Å². The minimum absolute atomic E-state index is 0.242. The Labute approximate surface area is 168 Å². The number of imidazole rings is 1. The van der Waals surface area contributed by atoms with Gasteiger partial charge in [-0.2, -0.15) is 0 Å². The Morgan fingerprint density at radius 1 is 1.11 bits per heavy atom. The summed E-state index contributed by atoms with van der Waals surface area (Å²) < 4.78 is 2.34. The van der Waals surface area contributed by atoms with Crippen LogP contribution in [0.3, 0.4) is 0 Å². The highest BCUT2D eigenvalue weighted by Crippen LogP contribution is 2.31. The highest BCUT2D eigenvalue weighted by Gasteiger charge is 2.28. The van der Waals surface area contributed by atoms with Crippen LogP contribution in [0.15, 0.2) is 12.4 Å². The highest BCUT2D eigenvalue weighted by atomic mass is 16.2. The van der Waals surface area contributed by atoms with Gasteiger partial charge in [-0.3, -0.25) is 9.59 Å². The summed E-state index contributed by atoms with van der Waals surface area (Å²) in [5.41, 5.74) is 0. The first-order chi connectivity index (χ1) is 13.7. The molecule has 0 aromatic carbocycles. The molecule has 1 aromatic heterocycles. The third-order valence-electron chi connectivity index (χ3n) is 6.81.